The van der Waals surface area contributed by atoms with Crippen LogP contribution >= 0.6 is 0 Å². The van der Waals surface area contributed by atoms with Gasteiger partial charge in [0.25, 0.3) is 0 Å². The predicted octanol–water partition coefficient (Wildman–Crippen LogP) is 1.83. The van der Waals surface area contributed by atoms with Gasteiger partial charge in [-0.05, 0) is 44.2 Å². The summed E-state index contributed by atoms with van der Waals surface area (Å²) in [7, 11) is 0. The molecule has 2 unspecified atom stereocenters. The van der Waals surface area contributed by atoms with E-state index >= 15 is 0 Å². The molecule has 0 spiro atoms. The van der Waals surface area contributed by atoms with Gasteiger partial charge in [0.1, 0.15) is 0 Å². The number of nitrogens with one attached hydrogen (secondary N) is 1. The summed E-state index contributed by atoms with van der Waals surface area (Å²) in [5, 5.41) is 3.07. The average Bonchev–Trinajstić information content (AvgIpc) is 3.23. The van der Waals surface area contributed by atoms with E-state index in [2.05, 4.69) is 20.0 Å². The second kappa shape index (κ2) is 7.60. The van der Waals surface area contributed by atoms with E-state index in [1.165, 1.54) is 6.42 Å². The van der Waals surface area contributed by atoms with Gasteiger partial charge in [0.2, 0.25) is 11.8 Å². The standard InChI is InChI=1S/C21H30N4O2/c1-15-4-3-5-16(2)20(15)22-19(26)13-23-8-10-24(11-9-23)14-25-18-7-6-17(12-18)21(25)27/h3-5,17-18H,6-14H2,1-2H3,(H,22,26). The number of benzene rings is 1. The highest BCUT2D eigenvalue weighted by atomic mass is 16.2. The van der Waals surface area contributed by atoms with Crippen molar-refractivity contribution in [1.29, 1.82) is 0 Å². The number of carbonyl (C=O) groups excluding carboxylic acids is 2. The number of nitrogens with zero attached hydrogens (tertiary/aromatic N) is 3. The number of fused-ring (bicyclic) bond motifs is 2. The zero-order valence-electron chi connectivity index (χ0n) is 16.4. The summed E-state index contributed by atoms with van der Waals surface area (Å²) >= 11 is 0. The summed E-state index contributed by atoms with van der Waals surface area (Å²) in [6.45, 7) is 8.81. The molecular formula is C21H30N4O2. The van der Waals surface area contributed by atoms with Gasteiger partial charge in [-0.3, -0.25) is 19.4 Å². The smallest absolute Gasteiger partial charge is 0.238 e. The number of hydrogen-bond acceptors (Lipinski definition) is 4. The summed E-state index contributed by atoms with van der Waals surface area (Å²) in [6.07, 6.45) is 3.33. The molecule has 146 valence electrons. The molecular weight excluding hydrogens is 340 g/mol. The van der Waals surface area contributed by atoms with Gasteiger partial charge in [-0.25, -0.2) is 0 Å². The number of carbonyl (C=O) groups is 2. The van der Waals surface area contributed by atoms with E-state index in [4.69, 9.17) is 0 Å². The van der Waals surface area contributed by atoms with Crippen LogP contribution in [0.15, 0.2) is 18.2 Å². The summed E-state index contributed by atoms with van der Waals surface area (Å²) in [5.74, 6) is 0.708. The first-order chi connectivity index (χ1) is 13.0. The molecule has 2 atom stereocenters. The molecule has 1 aromatic rings. The second-order valence-electron chi connectivity index (χ2n) is 8.32. The van der Waals surface area contributed by atoms with Crippen molar-refractivity contribution in [2.45, 2.75) is 39.2 Å². The molecule has 2 aliphatic heterocycles. The zero-order chi connectivity index (χ0) is 19.0. The van der Waals surface area contributed by atoms with Crippen molar-refractivity contribution in [3.8, 4) is 0 Å². The Labute approximate surface area is 161 Å². The number of amides is 2. The van der Waals surface area contributed by atoms with Gasteiger partial charge in [-0.15, -0.1) is 0 Å². The van der Waals surface area contributed by atoms with Crippen LogP contribution in [0.25, 0.3) is 0 Å². The van der Waals surface area contributed by atoms with Crippen LogP contribution in [0.2, 0.25) is 0 Å². The van der Waals surface area contributed by atoms with Gasteiger partial charge in [-0.1, -0.05) is 18.2 Å². The first kappa shape index (κ1) is 18.4. The van der Waals surface area contributed by atoms with E-state index in [0.29, 0.717) is 24.4 Å². The second-order valence-corrected chi connectivity index (χ2v) is 8.32. The topological polar surface area (TPSA) is 55.9 Å². The Balaban J connectivity index is 1.24. The van der Waals surface area contributed by atoms with Crippen LogP contribution in [-0.4, -0.2) is 71.9 Å². The maximum atomic E-state index is 12.5. The third-order valence-corrected chi connectivity index (χ3v) is 6.41. The Morgan fingerprint density at radius 3 is 2.37 bits per heavy atom. The minimum atomic E-state index is 0.0490. The van der Waals surface area contributed by atoms with E-state index in [-0.39, 0.29) is 5.91 Å². The molecule has 27 heavy (non-hydrogen) atoms. The number of hydrogen-bond donors (Lipinski definition) is 1. The molecule has 2 heterocycles. The predicted molar refractivity (Wildman–Crippen MR) is 105 cm³/mol. The molecule has 6 heteroatoms. The fourth-order valence-corrected chi connectivity index (χ4v) is 4.76. The molecule has 2 saturated heterocycles. The molecule has 6 nitrogen and oxygen atoms in total. The van der Waals surface area contributed by atoms with Gasteiger partial charge in [0.15, 0.2) is 0 Å². The molecule has 1 N–H and O–H groups in total. The molecule has 0 aromatic heterocycles. The number of likely N-dealkylation sites (tertiary alicyclic amines) is 1. The molecule has 2 bridgehead atoms. The first-order valence-corrected chi connectivity index (χ1v) is 10.1. The maximum Gasteiger partial charge on any atom is 0.238 e. The number of rotatable bonds is 5. The SMILES string of the molecule is Cc1cccc(C)c1NC(=O)CN1CCN(CN2C(=O)C3CCC2C3)CC1. The first-order valence-electron chi connectivity index (χ1n) is 10.1. The normalized spacial score (nSPS) is 26.0. The van der Waals surface area contributed by atoms with Crippen molar-refractivity contribution in [1.82, 2.24) is 14.7 Å². The van der Waals surface area contributed by atoms with Crippen molar-refractivity contribution >= 4 is 17.5 Å². The Kier molecular flexibility index (Phi) is 5.19. The van der Waals surface area contributed by atoms with Crippen molar-refractivity contribution in [3.05, 3.63) is 29.3 Å². The maximum absolute atomic E-state index is 12.5. The van der Waals surface area contributed by atoms with Crippen molar-refractivity contribution in [3.63, 3.8) is 0 Å². The Morgan fingerprint density at radius 1 is 1.07 bits per heavy atom. The monoisotopic (exact) mass is 370 g/mol. The van der Waals surface area contributed by atoms with Crippen molar-refractivity contribution in [2.75, 3.05) is 44.7 Å². The summed E-state index contributed by atoms with van der Waals surface area (Å²) in [6, 6.07) is 6.53. The largest absolute Gasteiger partial charge is 0.326 e. The lowest BCUT2D eigenvalue weighted by Crippen LogP contribution is -2.53. The number of anilines is 1. The van der Waals surface area contributed by atoms with Crippen molar-refractivity contribution < 1.29 is 9.59 Å². The summed E-state index contributed by atoms with van der Waals surface area (Å²) < 4.78 is 0. The molecule has 1 aliphatic carbocycles. The number of piperidine rings is 1. The minimum Gasteiger partial charge on any atom is -0.326 e. The number of aryl methyl sites for hydroxylation is 2. The van der Waals surface area contributed by atoms with E-state index in [1.54, 1.807) is 0 Å². The minimum absolute atomic E-state index is 0.0490. The number of piperazine rings is 1. The van der Waals surface area contributed by atoms with Crippen LogP contribution in [-0.2, 0) is 9.59 Å². The van der Waals surface area contributed by atoms with Crippen LogP contribution in [0.3, 0.4) is 0 Å². The van der Waals surface area contributed by atoms with E-state index in [1.807, 2.05) is 32.0 Å². The molecule has 3 fully saturated rings. The Morgan fingerprint density at radius 2 is 1.74 bits per heavy atom. The lowest BCUT2D eigenvalue weighted by molar-refractivity contribution is -0.136. The van der Waals surface area contributed by atoms with E-state index in [9.17, 15) is 9.59 Å². The molecule has 0 radical (unpaired) electrons. The van der Waals surface area contributed by atoms with Crippen LogP contribution in [0.1, 0.15) is 30.4 Å². The Hall–Kier alpha value is -1.92. The fourth-order valence-electron chi connectivity index (χ4n) is 4.76. The highest BCUT2D eigenvalue weighted by molar-refractivity contribution is 5.93. The highest BCUT2D eigenvalue weighted by Gasteiger charge is 2.44. The molecule has 2 amide bonds. The lowest BCUT2D eigenvalue weighted by Gasteiger charge is -2.38. The zero-order valence-corrected chi connectivity index (χ0v) is 16.4. The van der Waals surface area contributed by atoms with E-state index in [0.717, 1.165) is 62.5 Å². The van der Waals surface area contributed by atoms with Gasteiger partial charge < -0.3 is 10.2 Å². The molecule has 3 aliphatic rings. The molecule has 1 aromatic carbocycles. The summed E-state index contributed by atoms with van der Waals surface area (Å²) in [5.41, 5.74) is 3.12. The summed E-state index contributed by atoms with van der Waals surface area (Å²) in [4.78, 5) is 31.4. The third-order valence-electron chi connectivity index (χ3n) is 6.41. The number of para-hydroxylation sites is 1. The van der Waals surface area contributed by atoms with Gasteiger partial charge in [0.05, 0.1) is 13.2 Å². The van der Waals surface area contributed by atoms with Gasteiger partial charge in [-0.2, -0.15) is 0 Å². The van der Waals surface area contributed by atoms with Gasteiger partial charge >= 0.3 is 0 Å². The van der Waals surface area contributed by atoms with Crippen LogP contribution in [0.5, 0.6) is 0 Å². The van der Waals surface area contributed by atoms with Crippen LogP contribution < -0.4 is 5.32 Å². The van der Waals surface area contributed by atoms with Crippen LogP contribution in [0.4, 0.5) is 5.69 Å². The average molecular weight is 370 g/mol. The highest BCUT2D eigenvalue weighted by Crippen LogP contribution is 2.38. The van der Waals surface area contributed by atoms with Crippen LogP contribution in [0, 0.1) is 19.8 Å². The van der Waals surface area contributed by atoms with Gasteiger partial charge in [0, 0.05) is 43.8 Å². The molecule has 4 rings (SSSR count). The third kappa shape index (κ3) is 3.87. The fraction of sp³-hybridized carbons (Fsp3) is 0.619. The van der Waals surface area contributed by atoms with E-state index < -0.39 is 0 Å². The Bertz CT molecular complexity index is 707. The van der Waals surface area contributed by atoms with Crippen molar-refractivity contribution in [2.24, 2.45) is 5.92 Å². The quantitative estimate of drug-likeness (QED) is 0.859. The molecule has 1 saturated carbocycles. The lowest BCUT2D eigenvalue weighted by atomic mass is 10.1.